The molecule has 0 spiro atoms. The molecule has 1 heterocycles. The summed E-state index contributed by atoms with van der Waals surface area (Å²) in [5.41, 5.74) is 1.50. The van der Waals surface area contributed by atoms with E-state index >= 15 is 0 Å². The van der Waals surface area contributed by atoms with Crippen LogP contribution in [0.1, 0.15) is 19.5 Å². The molecule has 1 aromatic heterocycles. The van der Waals surface area contributed by atoms with Gasteiger partial charge in [-0.1, -0.05) is 37.0 Å². The van der Waals surface area contributed by atoms with E-state index in [0.717, 1.165) is 12.1 Å². The molecule has 0 aliphatic heterocycles. The van der Waals surface area contributed by atoms with Crippen LogP contribution in [0, 0.1) is 5.92 Å². The van der Waals surface area contributed by atoms with Crippen molar-refractivity contribution in [1.29, 1.82) is 0 Å². The van der Waals surface area contributed by atoms with E-state index in [0.29, 0.717) is 26.9 Å². The van der Waals surface area contributed by atoms with Crippen molar-refractivity contribution in [3.05, 3.63) is 44.2 Å². The highest BCUT2D eigenvalue weighted by Gasteiger charge is 2.09. The number of halogens is 2. The second kappa shape index (κ2) is 4.71. The van der Waals surface area contributed by atoms with Crippen LogP contribution in [0.5, 0.6) is 0 Å². The molecule has 0 radical (unpaired) electrons. The number of nitrogens with one attached hydrogen (secondary N) is 1. The Bertz CT molecular complexity index is 617. The number of benzene rings is 1. The summed E-state index contributed by atoms with van der Waals surface area (Å²) in [6, 6.07) is 4.97. The normalized spacial score (nSPS) is 11.4. The van der Waals surface area contributed by atoms with E-state index in [4.69, 9.17) is 23.2 Å². The second-order valence-corrected chi connectivity index (χ2v) is 5.33. The number of pyridine rings is 1. The first-order valence-electron chi connectivity index (χ1n) is 5.49. The molecule has 2 rings (SSSR count). The highest BCUT2D eigenvalue weighted by Crippen LogP contribution is 2.28. The van der Waals surface area contributed by atoms with E-state index < -0.39 is 0 Å². The van der Waals surface area contributed by atoms with Crippen LogP contribution in [-0.4, -0.2) is 4.98 Å². The van der Waals surface area contributed by atoms with Gasteiger partial charge in [0.15, 0.2) is 5.43 Å². The number of hydrogen-bond donors (Lipinski definition) is 1. The van der Waals surface area contributed by atoms with Gasteiger partial charge in [0.1, 0.15) is 0 Å². The van der Waals surface area contributed by atoms with Crippen LogP contribution in [0.25, 0.3) is 10.9 Å². The molecule has 90 valence electrons. The smallest absolute Gasteiger partial charge is 0.189 e. The average molecular weight is 270 g/mol. The predicted octanol–water partition coefficient (Wildman–Crippen LogP) is 4.03. The number of aromatic nitrogens is 1. The van der Waals surface area contributed by atoms with Crippen molar-refractivity contribution in [1.82, 2.24) is 4.98 Å². The van der Waals surface area contributed by atoms with Crippen LogP contribution in [0.4, 0.5) is 0 Å². The van der Waals surface area contributed by atoms with Crippen molar-refractivity contribution in [2.24, 2.45) is 5.92 Å². The first-order chi connectivity index (χ1) is 7.99. The van der Waals surface area contributed by atoms with Gasteiger partial charge in [0.05, 0.1) is 15.6 Å². The molecule has 0 unspecified atom stereocenters. The number of rotatable bonds is 2. The fraction of sp³-hybridized carbons (Fsp3) is 0.308. The van der Waals surface area contributed by atoms with Crippen LogP contribution in [0.15, 0.2) is 23.0 Å². The zero-order chi connectivity index (χ0) is 12.6. The van der Waals surface area contributed by atoms with Gasteiger partial charge in [0.25, 0.3) is 0 Å². The SMILES string of the molecule is CC(C)Cc1cc(=O)c2ccc(Cl)c(Cl)c2[nH]1. The lowest BCUT2D eigenvalue weighted by molar-refractivity contribution is 0.636. The van der Waals surface area contributed by atoms with Gasteiger partial charge in [0, 0.05) is 17.1 Å². The van der Waals surface area contributed by atoms with Crippen LogP contribution < -0.4 is 5.43 Å². The van der Waals surface area contributed by atoms with Crippen molar-refractivity contribution >= 4 is 34.1 Å². The first-order valence-corrected chi connectivity index (χ1v) is 6.24. The summed E-state index contributed by atoms with van der Waals surface area (Å²) >= 11 is 12.0. The van der Waals surface area contributed by atoms with Crippen LogP contribution in [-0.2, 0) is 6.42 Å². The maximum absolute atomic E-state index is 11.9. The van der Waals surface area contributed by atoms with E-state index in [2.05, 4.69) is 18.8 Å². The quantitative estimate of drug-likeness (QED) is 0.877. The van der Waals surface area contributed by atoms with Crippen LogP contribution >= 0.6 is 23.2 Å². The molecule has 0 saturated heterocycles. The summed E-state index contributed by atoms with van der Waals surface area (Å²) in [5, 5.41) is 1.44. The van der Waals surface area contributed by atoms with Crippen LogP contribution in [0.3, 0.4) is 0 Å². The Morgan fingerprint density at radius 2 is 2.00 bits per heavy atom. The highest BCUT2D eigenvalue weighted by molar-refractivity contribution is 6.44. The molecule has 1 aromatic carbocycles. The van der Waals surface area contributed by atoms with E-state index in [1.807, 2.05) is 0 Å². The maximum Gasteiger partial charge on any atom is 0.189 e. The van der Waals surface area contributed by atoms with Crippen molar-refractivity contribution in [3.63, 3.8) is 0 Å². The van der Waals surface area contributed by atoms with Crippen molar-refractivity contribution < 1.29 is 0 Å². The van der Waals surface area contributed by atoms with Gasteiger partial charge >= 0.3 is 0 Å². The summed E-state index contributed by atoms with van der Waals surface area (Å²) in [6.45, 7) is 4.20. The number of hydrogen-bond acceptors (Lipinski definition) is 1. The van der Waals surface area contributed by atoms with Crippen molar-refractivity contribution in [2.75, 3.05) is 0 Å². The molecule has 1 N–H and O–H groups in total. The Balaban J connectivity index is 2.70. The average Bonchev–Trinajstić information content (AvgIpc) is 2.23. The molecule has 0 aliphatic carbocycles. The molecule has 17 heavy (non-hydrogen) atoms. The fourth-order valence-corrected chi connectivity index (χ4v) is 2.23. The summed E-state index contributed by atoms with van der Waals surface area (Å²) in [5.74, 6) is 0.473. The second-order valence-electron chi connectivity index (χ2n) is 4.54. The largest absolute Gasteiger partial charge is 0.357 e. The Labute approximate surface area is 110 Å². The Morgan fingerprint density at radius 3 is 2.65 bits per heavy atom. The fourth-order valence-electron chi connectivity index (χ4n) is 1.86. The van der Waals surface area contributed by atoms with Gasteiger partial charge in [-0.15, -0.1) is 0 Å². The Kier molecular flexibility index (Phi) is 3.45. The van der Waals surface area contributed by atoms with Gasteiger partial charge in [-0.3, -0.25) is 4.79 Å². The predicted molar refractivity (Wildman–Crippen MR) is 73.1 cm³/mol. The molecule has 2 nitrogen and oxygen atoms in total. The molecule has 2 aromatic rings. The Hall–Kier alpha value is -0.990. The molecular weight excluding hydrogens is 257 g/mol. The van der Waals surface area contributed by atoms with Crippen molar-refractivity contribution in [3.8, 4) is 0 Å². The van der Waals surface area contributed by atoms with Crippen molar-refractivity contribution in [2.45, 2.75) is 20.3 Å². The van der Waals surface area contributed by atoms with E-state index in [1.54, 1.807) is 18.2 Å². The number of fused-ring (bicyclic) bond motifs is 1. The minimum absolute atomic E-state index is 0.0204. The van der Waals surface area contributed by atoms with Gasteiger partial charge < -0.3 is 4.98 Å². The lowest BCUT2D eigenvalue weighted by Crippen LogP contribution is -2.07. The third kappa shape index (κ3) is 2.48. The monoisotopic (exact) mass is 269 g/mol. The van der Waals surface area contributed by atoms with E-state index in [-0.39, 0.29) is 5.43 Å². The highest BCUT2D eigenvalue weighted by atomic mass is 35.5. The maximum atomic E-state index is 11.9. The zero-order valence-corrected chi connectivity index (χ0v) is 11.2. The number of H-pyrrole nitrogens is 1. The third-order valence-electron chi connectivity index (χ3n) is 2.58. The van der Waals surface area contributed by atoms with Gasteiger partial charge in [-0.25, -0.2) is 0 Å². The number of aromatic amines is 1. The molecule has 4 heteroatoms. The van der Waals surface area contributed by atoms with Gasteiger partial charge in [-0.2, -0.15) is 0 Å². The topological polar surface area (TPSA) is 32.9 Å². The third-order valence-corrected chi connectivity index (χ3v) is 3.38. The lowest BCUT2D eigenvalue weighted by atomic mass is 10.1. The lowest BCUT2D eigenvalue weighted by Gasteiger charge is -2.08. The van der Waals surface area contributed by atoms with Gasteiger partial charge in [0.2, 0.25) is 0 Å². The zero-order valence-electron chi connectivity index (χ0n) is 9.68. The van der Waals surface area contributed by atoms with E-state index in [9.17, 15) is 4.79 Å². The van der Waals surface area contributed by atoms with E-state index in [1.165, 1.54) is 0 Å². The Morgan fingerprint density at radius 1 is 1.29 bits per heavy atom. The molecule has 0 amide bonds. The summed E-state index contributed by atoms with van der Waals surface area (Å²) < 4.78 is 0. The minimum atomic E-state index is -0.0204. The standard InChI is InChI=1S/C13H13Cl2NO/c1-7(2)5-8-6-11(17)9-3-4-10(14)12(15)13(9)16-8/h3-4,6-7H,5H2,1-2H3,(H,16,17). The first kappa shape index (κ1) is 12.5. The van der Waals surface area contributed by atoms with Crippen LogP contribution in [0.2, 0.25) is 10.0 Å². The molecular formula is C13H13Cl2NO. The summed E-state index contributed by atoms with van der Waals surface area (Å²) in [6.07, 6.45) is 0.814. The summed E-state index contributed by atoms with van der Waals surface area (Å²) in [7, 11) is 0. The van der Waals surface area contributed by atoms with Gasteiger partial charge in [-0.05, 0) is 24.5 Å². The minimum Gasteiger partial charge on any atom is -0.357 e. The molecule has 0 aliphatic rings. The molecule has 0 bridgehead atoms. The summed E-state index contributed by atoms with van der Waals surface area (Å²) in [4.78, 5) is 15.1. The molecule has 0 saturated carbocycles. The molecule has 0 fully saturated rings. The molecule has 0 atom stereocenters.